The van der Waals surface area contributed by atoms with Crippen LogP contribution in [0.3, 0.4) is 0 Å². The predicted octanol–water partition coefficient (Wildman–Crippen LogP) is 18.6. The van der Waals surface area contributed by atoms with Gasteiger partial charge in [0.05, 0.1) is 11.0 Å². The van der Waals surface area contributed by atoms with Gasteiger partial charge in [-0.25, -0.2) is 0 Å². The fourth-order valence-corrected chi connectivity index (χ4v) is 16.6. The SMILES string of the molecule is C[Si]1(C)c2cc(-c3cccc4c3sc3ccccc34)ccc2-c2ccc(-n3c4ccc(-c5ccc(-c6cccc7ccccc67)cc5)cc4c4cc(-c5ccc(-c6cccc7ccccc67)cc5)ccc43)cc21. The number of fused-ring (bicyclic) bond motifs is 11. The third-order valence-electron chi connectivity index (χ3n) is 16.0. The Morgan fingerprint density at radius 1 is 0.301 bits per heavy atom. The van der Waals surface area contributed by atoms with Crippen molar-refractivity contribution in [2.75, 3.05) is 0 Å². The minimum Gasteiger partial charge on any atom is -0.309 e. The summed E-state index contributed by atoms with van der Waals surface area (Å²) >= 11 is 1.91. The van der Waals surface area contributed by atoms with Crippen molar-refractivity contribution in [3.63, 3.8) is 0 Å². The van der Waals surface area contributed by atoms with Crippen LogP contribution in [0.5, 0.6) is 0 Å². The molecule has 342 valence electrons. The maximum atomic E-state index is 2.55. The molecule has 14 aromatic rings. The molecule has 0 saturated heterocycles. The van der Waals surface area contributed by atoms with Crippen LogP contribution < -0.4 is 10.4 Å². The van der Waals surface area contributed by atoms with E-state index in [2.05, 4.69) is 266 Å². The maximum Gasteiger partial charge on any atom is 0.113 e. The van der Waals surface area contributed by atoms with E-state index in [1.54, 1.807) is 0 Å². The zero-order valence-corrected chi connectivity index (χ0v) is 42.3. The second-order valence-electron chi connectivity index (χ2n) is 20.4. The molecule has 73 heavy (non-hydrogen) atoms. The Labute approximate surface area is 429 Å². The molecule has 1 nitrogen and oxygen atoms in total. The summed E-state index contributed by atoms with van der Waals surface area (Å²) < 4.78 is 5.23. The van der Waals surface area contributed by atoms with Gasteiger partial charge in [-0.3, -0.25) is 0 Å². The van der Waals surface area contributed by atoms with E-state index in [4.69, 9.17) is 0 Å². The average Bonchev–Trinajstić information content (AvgIpc) is 4.09. The first-order valence-corrected chi connectivity index (χ1v) is 29.2. The third kappa shape index (κ3) is 6.59. The highest BCUT2D eigenvalue weighted by Crippen LogP contribution is 2.43. The molecule has 1 aliphatic rings. The number of nitrogens with zero attached hydrogens (tertiary/aromatic N) is 1. The van der Waals surface area contributed by atoms with E-state index in [9.17, 15) is 0 Å². The highest BCUT2D eigenvalue weighted by atomic mass is 32.1. The monoisotopic (exact) mass is 961 g/mol. The summed E-state index contributed by atoms with van der Waals surface area (Å²) in [5, 5.41) is 13.3. The Hall–Kier alpha value is -8.60. The molecule has 0 saturated carbocycles. The molecule has 0 atom stereocenters. The van der Waals surface area contributed by atoms with Crippen molar-refractivity contribution in [3.05, 3.63) is 249 Å². The van der Waals surface area contributed by atoms with Gasteiger partial charge in [0.25, 0.3) is 0 Å². The largest absolute Gasteiger partial charge is 0.309 e. The fraction of sp³-hybridized carbons (Fsp3) is 0.0286. The van der Waals surface area contributed by atoms with Gasteiger partial charge in [-0.15, -0.1) is 11.3 Å². The molecule has 0 radical (unpaired) electrons. The van der Waals surface area contributed by atoms with Crippen LogP contribution in [-0.4, -0.2) is 12.6 Å². The van der Waals surface area contributed by atoms with Crippen LogP contribution in [0.25, 0.3) is 136 Å². The minimum atomic E-state index is -2.13. The summed E-state index contributed by atoms with van der Waals surface area (Å²) in [5.74, 6) is 0. The number of rotatable bonds is 6. The molecule has 2 aromatic heterocycles. The van der Waals surface area contributed by atoms with Gasteiger partial charge in [0, 0.05) is 36.6 Å². The van der Waals surface area contributed by atoms with Crippen LogP contribution in [0.1, 0.15) is 0 Å². The van der Waals surface area contributed by atoms with E-state index in [1.165, 1.54) is 146 Å². The van der Waals surface area contributed by atoms with E-state index in [1.807, 2.05) is 11.3 Å². The van der Waals surface area contributed by atoms with Crippen LogP contribution in [0.2, 0.25) is 13.1 Å². The van der Waals surface area contributed by atoms with Crippen molar-refractivity contribution >= 4 is 93.3 Å². The molecule has 1 aliphatic heterocycles. The summed E-state index contributed by atoms with van der Waals surface area (Å²) in [4.78, 5) is 0. The molecule has 3 heterocycles. The number of thiophene rings is 1. The summed E-state index contributed by atoms with van der Waals surface area (Å²) in [6, 6.07) is 93.3. The summed E-state index contributed by atoms with van der Waals surface area (Å²) in [7, 11) is -2.13. The number of benzene rings is 12. The first-order valence-electron chi connectivity index (χ1n) is 25.4. The molecular weight excluding hydrogens is 915 g/mol. The van der Waals surface area contributed by atoms with Crippen LogP contribution in [0.15, 0.2) is 249 Å². The van der Waals surface area contributed by atoms with Crippen molar-refractivity contribution < 1.29 is 0 Å². The second-order valence-corrected chi connectivity index (χ2v) is 25.8. The fourth-order valence-electron chi connectivity index (χ4n) is 12.3. The Balaban J connectivity index is 0.848. The molecule has 0 unspecified atom stereocenters. The van der Waals surface area contributed by atoms with Gasteiger partial charge >= 0.3 is 0 Å². The van der Waals surface area contributed by atoms with Gasteiger partial charge in [-0.05, 0) is 141 Å². The lowest BCUT2D eigenvalue weighted by Gasteiger charge is -2.21. The van der Waals surface area contributed by atoms with Gasteiger partial charge in [0.1, 0.15) is 8.07 Å². The molecule has 3 heteroatoms. The summed E-state index contributed by atoms with van der Waals surface area (Å²) in [5.41, 5.74) is 18.8. The normalized spacial score (nSPS) is 12.9. The molecular formula is C70H47NSSi. The van der Waals surface area contributed by atoms with Gasteiger partial charge in [-0.1, -0.05) is 219 Å². The standard InChI is InChI=1S/C70H47NSSi/c1-73(2)68-42-52(58-21-11-22-62-59-18-7-8-23-67(59)72-70(58)62)32-36-60(68)61-37-35-53(43-69(61)73)71-65-38-33-50(44-24-28-48(29-25-44)56-19-9-14-46-12-3-5-16-54(46)56)40-63(65)64-41-51(34-39-66(64)71)45-26-30-49(31-27-45)57-20-10-15-47-13-4-6-17-55(47)57/h3-43H,1-2H3. The number of aromatic nitrogens is 1. The quantitative estimate of drug-likeness (QED) is 0.146. The highest BCUT2D eigenvalue weighted by Gasteiger charge is 2.38. The van der Waals surface area contributed by atoms with Crippen molar-refractivity contribution in [3.8, 4) is 72.4 Å². The summed E-state index contributed by atoms with van der Waals surface area (Å²) in [6.07, 6.45) is 0. The lowest BCUT2D eigenvalue weighted by Crippen LogP contribution is -2.49. The van der Waals surface area contributed by atoms with Gasteiger partial charge in [-0.2, -0.15) is 0 Å². The second kappa shape index (κ2) is 16.2. The predicted molar refractivity (Wildman–Crippen MR) is 318 cm³/mol. The molecule has 12 aromatic carbocycles. The molecule has 0 aliphatic carbocycles. The molecule has 0 fully saturated rings. The van der Waals surface area contributed by atoms with Crippen molar-refractivity contribution in [1.29, 1.82) is 0 Å². The Bertz CT molecular complexity index is 4380. The van der Waals surface area contributed by atoms with Crippen molar-refractivity contribution in [1.82, 2.24) is 4.57 Å². The van der Waals surface area contributed by atoms with E-state index in [0.29, 0.717) is 0 Å². The maximum absolute atomic E-state index is 2.55. The van der Waals surface area contributed by atoms with E-state index in [0.717, 1.165) is 0 Å². The van der Waals surface area contributed by atoms with Crippen LogP contribution >= 0.6 is 11.3 Å². The molecule has 15 rings (SSSR count). The average molecular weight is 962 g/mol. The van der Waals surface area contributed by atoms with Crippen molar-refractivity contribution in [2.45, 2.75) is 13.1 Å². The van der Waals surface area contributed by atoms with E-state index >= 15 is 0 Å². The van der Waals surface area contributed by atoms with Crippen LogP contribution in [-0.2, 0) is 0 Å². The van der Waals surface area contributed by atoms with Gasteiger partial charge in [0.2, 0.25) is 0 Å². The lowest BCUT2D eigenvalue weighted by atomic mass is 9.95. The molecule has 0 N–H and O–H groups in total. The third-order valence-corrected chi connectivity index (χ3v) is 20.8. The first kappa shape index (κ1) is 42.1. The van der Waals surface area contributed by atoms with Crippen LogP contribution in [0.4, 0.5) is 0 Å². The van der Waals surface area contributed by atoms with E-state index < -0.39 is 8.07 Å². The smallest absolute Gasteiger partial charge is 0.113 e. The Kier molecular flexibility index (Phi) is 9.35. The van der Waals surface area contributed by atoms with E-state index in [-0.39, 0.29) is 0 Å². The molecule has 0 bridgehead atoms. The molecule has 0 amide bonds. The molecule has 0 spiro atoms. The Morgan fingerprint density at radius 2 is 0.753 bits per heavy atom. The first-order chi connectivity index (χ1) is 35.9. The minimum absolute atomic E-state index is 1.21. The van der Waals surface area contributed by atoms with Gasteiger partial charge in [0.15, 0.2) is 0 Å². The topological polar surface area (TPSA) is 4.93 Å². The highest BCUT2D eigenvalue weighted by molar-refractivity contribution is 7.26. The Morgan fingerprint density at radius 3 is 1.37 bits per heavy atom. The zero-order valence-electron chi connectivity index (χ0n) is 40.5. The summed E-state index contributed by atoms with van der Waals surface area (Å²) in [6.45, 7) is 5.10. The van der Waals surface area contributed by atoms with Gasteiger partial charge < -0.3 is 4.57 Å². The zero-order chi connectivity index (χ0) is 48.4. The van der Waals surface area contributed by atoms with Crippen LogP contribution in [0, 0.1) is 0 Å². The van der Waals surface area contributed by atoms with Crippen molar-refractivity contribution in [2.24, 2.45) is 0 Å². The number of hydrogen-bond acceptors (Lipinski definition) is 1. The number of hydrogen-bond donors (Lipinski definition) is 0. The lowest BCUT2D eigenvalue weighted by molar-refractivity contribution is 1.18.